The van der Waals surface area contributed by atoms with Crippen molar-refractivity contribution in [3.05, 3.63) is 212 Å². The molecule has 0 unspecified atom stereocenters. The molecule has 294 valence electrons. The molecule has 0 saturated carbocycles. The number of para-hydroxylation sites is 4. The van der Waals surface area contributed by atoms with Crippen LogP contribution in [0.1, 0.15) is 0 Å². The molecule has 0 N–H and O–H groups in total. The summed E-state index contributed by atoms with van der Waals surface area (Å²) in [5.41, 5.74) is 13.2. The highest BCUT2D eigenvalue weighted by molar-refractivity contribution is 6.27. The van der Waals surface area contributed by atoms with E-state index in [1.165, 1.54) is 10.8 Å². The van der Waals surface area contributed by atoms with Gasteiger partial charge in [-0.25, -0.2) is 4.98 Å². The van der Waals surface area contributed by atoms with Crippen LogP contribution in [-0.4, -0.2) is 24.1 Å². The molecule has 0 aliphatic heterocycles. The largest absolute Gasteiger partial charge is 0.455 e. The van der Waals surface area contributed by atoms with E-state index < -0.39 is 0 Å². The average Bonchev–Trinajstić information content (AvgIpc) is 4.02. The van der Waals surface area contributed by atoms with Gasteiger partial charge in [0.2, 0.25) is 5.95 Å². The summed E-state index contributed by atoms with van der Waals surface area (Å²) < 4.78 is 11.5. The lowest BCUT2D eigenvalue weighted by molar-refractivity contribution is 0.673. The van der Waals surface area contributed by atoms with Crippen LogP contribution in [0, 0.1) is 0 Å². The molecule has 13 rings (SSSR count). The van der Waals surface area contributed by atoms with E-state index in [2.05, 4.69) is 191 Å². The molecule has 0 saturated heterocycles. The first-order chi connectivity index (χ1) is 31.2. The lowest BCUT2D eigenvalue weighted by Crippen LogP contribution is -2.07. The van der Waals surface area contributed by atoms with Crippen LogP contribution in [-0.2, 0) is 0 Å². The van der Waals surface area contributed by atoms with Crippen molar-refractivity contribution in [2.24, 2.45) is 0 Å². The maximum absolute atomic E-state index is 6.86. The van der Waals surface area contributed by atoms with Crippen LogP contribution < -0.4 is 0 Å². The topological polar surface area (TPSA) is 61.7 Å². The van der Waals surface area contributed by atoms with Gasteiger partial charge in [-0.15, -0.1) is 0 Å². The second-order valence-electron chi connectivity index (χ2n) is 16.0. The minimum atomic E-state index is 0.522. The molecule has 9 aromatic carbocycles. The van der Waals surface area contributed by atoms with Gasteiger partial charge < -0.3 is 8.98 Å². The molecule has 0 radical (unpaired) electrons. The maximum atomic E-state index is 6.86. The molecule has 0 spiro atoms. The first-order valence-electron chi connectivity index (χ1n) is 21.2. The summed E-state index contributed by atoms with van der Waals surface area (Å²) in [4.78, 5) is 15.8. The van der Waals surface area contributed by atoms with Crippen molar-refractivity contribution in [3.8, 4) is 56.7 Å². The van der Waals surface area contributed by atoms with E-state index in [9.17, 15) is 0 Å². The van der Waals surface area contributed by atoms with Gasteiger partial charge in [-0.2, -0.15) is 9.97 Å². The Bertz CT molecular complexity index is 3890. The molecular formula is C57H35N5O. The quantitative estimate of drug-likeness (QED) is 0.168. The molecule has 4 aromatic heterocycles. The normalized spacial score (nSPS) is 11.8. The highest BCUT2D eigenvalue weighted by atomic mass is 16.3. The summed E-state index contributed by atoms with van der Waals surface area (Å²) >= 11 is 0. The zero-order chi connectivity index (χ0) is 41.4. The van der Waals surface area contributed by atoms with Crippen molar-refractivity contribution in [2.45, 2.75) is 0 Å². The molecular weight excluding hydrogens is 771 g/mol. The van der Waals surface area contributed by atoms with Crippen LogP contribution in [0.3, 0.4) is 0 Å². The van der Waals surface area contributed by atoms with Crippen molar-refractivity contribution in [3.63, 3.8) is 0 Å². The number of rotatable bonds is 6. The van der Waals surface area contributed by atoms with Crippen LogP contribution in [0.2, 0.25) is 0 Å². The fourth-order valence-corrected chi connectivity index (χ4v) is 9.51. The van der Waals surface area contributed by atoms with E-state index >= 15 is 0 Å². The Morgan fingerprint density at radius 3 is 1.60 bits per heavy atom. The predicted molar refractivity (Wildman–Crippen MR) is 258 cm³/mol. The third-order valence-corrected chi connectivity index (χ3v) is 12.4. The summed E-state index contributed by atoms with van der Waals surface area (Å²) in [6.07, 6.45) is 0. The maximum Gasteiger partial charge on any atom is 0.238 e. The Morgan fingerprint density at radius 2 is 0.873 bits per heavy atom. The van der Waals surface area contributed by atoms with Gasteiger partial charge >= 0.3 is 0 Å². The van der Waals surface area contributed by atoms with Gasteiger partial charge in [-0.3, -0.25) is 4.57 Å². The molecule has 0 aliphatic carbocycles. The monoisotopic (exact) mass is 805 g/mol. The Labute approximate surface area is 361 Å². The standard InChI is InChI=1S/C57H35N5O/c1-4-16-36(17-5-1)37-28-30-39(31-29-37)56-58-55(38-18-6-2-7-19-38)59-57(60-56)62-49-26-14-11-24-45(49)52-53(62)46(35-47-44-23-12-15-27-51(44)63-54(47)52)40-32-33-43-42-22-10-13-25-48(42)61(50(43)34-40)41-20-8-3-9-21-41/h1-35H. The predicted octanol–water partition coefficient (Wildman–Crippen LogP) is 14.6. The molecule has 0 bridgehead atoms. The van der Waals surface area contributed by atoms with Gasteiger partial charge in [0.15, 0.2) is 11.6 Å². The van der Waals surface area contributed by atoms with Gasteiger partial charge in [0.25, 0.3) is 0 Å². The minimum Gasteiger partial charge on any atom is -0.455 e. The third-order valence-electron chi connectivity index (χ3n) is 12.4. The number of fused-ring (bicyclic) bond motifs is 10. The number of aromatic nitrogens is 5. The summed E-state index contributed by atoms with van der Waals surface area (Å²) in [6, 6.07) is 74.4. The van der Waals surface area contributed by atoms with Crippen molar-refractivity contribution in [1.29, 1.82) is 0 Å². The number of hydrogen-bond acceptors (Lipinski definition) is 4. The third kappa shape index (κ3) is 5.55. The number of nitrogens with zero attached hydrogens (tertiary/aromatic N) is 5. The van der Waals surface area contributed by atoms with Crippen molar-refractivity contribution in [2.75, 3.05) is 0 Å². The van der Waals surface area contributed by atoms with Gasteiger partial charge in [-0.1, -0.05) is 170 Å². The van der Waals surface area contributed by atoms with Crippen molar-refractivity contribution >= 4 is 65.6 Å². The van der Waals surface area contributed by atoms with Crippen LogP contribution in [0.5, 0.6) is 0 Å². The molecule has 0 fully saturated rings. The first-order valence-corrected chi connectivity index (χ1v) is 21.2. The lowest BCUT2D eigenvalue weighted by atomic mass is 9.97. The molecule has 13 aromatic rings. The van der Waals surface area contributed by atoms with E-state index in [-0.39, 0.29) is 0 Å². The van der Waals surface area contributed by atoms with E-state index in [0.717, 1.165) is 93.8 Å². The smallest absolute Gasteiger partial charge is 0.238 e. The van der Waals surface area contributed by atoms with Crippen molar-refractivity contribution < 1.29 is 4.42 Å². The van der Waals surface area contributed by atoms with E-state index in [1.807, 2.05) is 30.3 Å². The van der Waals surface area contributed by atoms with Crippen molar-refractivity contribution in [1.82, 2.24) is 24.1 Å². The van der Waals surface area contributed by atoms with E-state index in [0.29, 0.717) is 17.6 Å². The van der Waals surface area contributed by atoms with E-state index in [4.69, 9.17) is 19.4 Å². The molecule has 4 heterocycles. The van der Waals surface area contributed by atoms with Crippen LogP contribution in [0.15, 0.2) is 217 Å². The molecule has 0 amide bonds. The van der Waals surface area contributed by atoms with Gasteiger partial charge in [-0.05, 0) is 59.2 Å². The molecule has 63 heavy (non-hydrogen) atoms. The summed E-state index contributed by atoms with van der Waals surface area (Å²) in [6.45, 7) is 0. The first kappa shape index (κ1) is 35.2. The highest BCUT2D eigenvalue weighted by Gasteiger charge is 2.26. The molecule has 6 heteroatoms. The molecule has 0 atom stereocenters. The SMILES string of the molecule is c1ccc(-c2ccc(-c3nc(-c4ccccc4)nc(-n4c5ccccc5c5c6oc7ccccc7c6cc(-c6ccc7c8ccccc8n(-c8ccccc8)c7c6)c54)n3)cc2)cc1. The zero-order valence-electron chi connectivity index (χ0n) is 33.9. The van der Waals surface area contributed by atoms with Gasteiger partial charge in [0.1, 0.15) is 11.2 Å². The summed E-state index contributed by atoms with van der Waals surface area (Å²) in [5.74, 6) is 1.70. The minimum absolute atomic E-state index is 0.522. The molecule has 6 nitrogen and oxygen atoms in total. The molecule has 0 aliphatic rings. The fraction of sp³-hybridized carbons (Fsp3) is 0. The Morgan fingerprint density at radius 1 is 0.349 bits per heavy atom. The highest BCUT2D eigenvalue weighted by Crippen LogP contribution is 2.46. The van der Waals surface area contributed by atoms with Gasteiger partial charge in [0, 0.05) is 49.3 Å². The van der Waals surface area contributed by atoms with E-state index in [1.54, 1.807) is 0 Å². The second-order valence-corrected chi connectivity index (χ2v) is 16.0. The Balaban J connectivity index is 1.14. The van der Waals surface area contributed by atoms with Crippen LogP contribution in [0.25, 0.3) is 122 Å². The average molecular weight is 806 g/mol. The summed E-state index contributed by atoms with van der Waals surface area (Å²) in [7, 11) is 0. The van der Waals surface area contributed by atoms with Crippen LogP contribution in [0.4, 0.5) is 0 Å². The Kier molecular flexibility index (Phi) is 7.80. The zero-order valence-corrected chi connectivity index (χ0v) is 33.9. The fourth-order valence-electron chi connectivity index (χ4n) is 9.51. The number of furan rings is 1. The second kappa shape index (κ2) is 14.0. The number of hydrogen-bond donors (Lipinski definition) is 0. The number of benzene rings is 9. The summed E-state index contributed by atoms with van der Waals surface area (Å²) in [5, 5.41) is 6.58. The van der Waals surface area contributed by atoms with Gasteiger partial charge in [0.05, 0.1) is 27.5 Å². The van der Waals surface area contributed by atoms with Crippen LogP contribution >= 0.6 is 0 Å². The lowest BCUT2D eigenvalue weighted by Gasteiger charge is -2.14. The Hall–Kier alpha value is -8.61.